The maximum Gasteiger partial charge on any atom is 0.321 e. The number of rotatable bonds is 5. The van der Waals surface area contributed by atoms with Crippen molar-refractivity contribution in [1.29, 1.82) is 0 Å². The largest absolute Gasteiger partial charge is 0.433 e. The van der Waals surface area contributed by atoms with Crippen LogP contribution in [-0.2, 0) is 33.3 Å². The molecule has 2 rings (SSSR count). The summed E-state index contributed by atoms with van der Waals surface area (Å²) < 4.78 is 23.7. The van der Waals surface area contributed by atoms with Crippen molar-refractivity contribution in [2.75, 3.05) is 34.3 Å². The highest BCUT2D eigenvalue weighted by Gasteiger charge is 2.46. The molecule has 10 nitrogen and oxygen atoms in total. The lowest BCUT2D eigenvalue weighted by Gasteiger charge is -2.42. The highest BCUT2D eigenvalue weighted by atomic mass is 16.8. The van der Waals surface area contributed by atoms with Crippen molar-refractivity contribution in [3.8, 4) is 0 Å². The molecule has 2 saturated heterocycles. The van der Waals surface area contributed by atoms with E-state index >= 15 is 0 Å². The molecule has 2 fully saturated rings. The van der Waals surface area contributed by atoms with Gasteiger partial charge in [-0.25, -0.2) is 0 Å². The minimum atomic E-state index is -1.46. The maximum absolute atomic E-state index is 13.5. The van der Waals surface area contributed by atoms with Gasteiger partial charge in [-0.3, -0.25) is 14.4 Å². The van der Waals surface area contributed by atoms with Crippen LogP contribution in [0.15, 0.2) is 0 Å². The molecule has 38 heavy (non-hydrogen) atoms. The highest BCUT2D eigenvalue weighted by Crippen LogP contribution is 2.34. The summed E-state index contributed by atoms with van der Waals surface area (Å²) in [5, 5.41) is 11.0. The smallest absolute Gasteiger partial charge is 0.321 e. The number of methoxy groups -OCH3 is 1. The first-order valence-electron chi connectivity index (χ1n) is 13.8. The minimum Gasteiger partial charge on any atom is -0.433 e. The number of hydrogen-bond acceptors (Lipinski definition) is 9. The molecule has 0 bridgehead atoms. The van der Waals surface area contributed by atoms with Gasteiger partial charge in [0.15, 0.2) is 12.1 Å². The SMILES string of the molecule is CCC(=O)N1CC(C)CC(C)(OC)CC(C)C(=O)C(C)(C)C(=O)OC(O[C@@H]2O[C@H](C)C[C@H](N(C)C)[C@H]2O)C1. The lowest BCUT2D eigenvalue weighted by atomic mass is 9.76. The average Bonchev–Trinajstić information content (AvgIpc) is 2.83. The predicted molar refractivity (Wildman–Crippen MR) is 142 cm³/mol. The molecule has 0 aromatic heterocycles. The van der Waals surface area contributed by atoms with Crippen molar-refractivity contribution in [2.45, 2.75) is 111 Å². The second kappa shape index (κ2) is 13.2. The van der Waals surface area contributed by atoms with Gasteiger partial charge in [-0.1, -0.05) is 20.8 Å². The number of nitrogens with zero attached hydrogens (tertiary/aromatic N) is 2. The van der Waals surface area contributed by atoms with Crippen LogP contribution in [0.5, 0.6) is 0 Å². The summed E-state index contributed by atoms with van der Waals surface area (Å²) in [6.45, 7) is 12.9. The number of cyclic esters (lactones) is 1. The third kappa shape index (κ3) is 7.97. The average molecular weight is 543 g/mol. The van der Waals surface area contributed by atoms with E-state index in [2.05, 4.69) is 0 Å². The molecule has 2 aliphatic rings. The molecule has 1 amide bonds. The first-order chi connectivity index (χ1) is 17.5. The Kier molecular flexibility index (Phi) is 11.3. The first-order valence-corrected chi connectivity index (χ1v) is 13.8. The van der Waals surface area contributed by atoms with Gasteiger partial charge in [0.1, 0.15) is 11.5 Å². The third-order valence-electron chi connectivity index (χ3n) is 7.94. The molecule has 1 N–H and O–H groups in total. The molecular formula is C28H50N2O8. The number of carbonyl (C=O) groups is 3. The minimum absolute atomic E-state index is 0.0255. The lowest BCUT2D eigenvalue weighted by molar-refractivity contribution is -0.303. The Labute approximate surface area is 228 Å². The summed E-state index contributed by atoms with van der Waals surface area (Å²) in [5.74, 6) is -1.57. The predicted octanol–water partition coefficient (Wildman–Crippen LogP) is 2.60. The topological polar surface area (TPSA) is 115 Å². The van der Waals surface area contributed by atoms with Crippen LogP contribution in [0.4, 0.5) is 0 Å². The number of Topliss-reactive ketones (excluding diaryl/α,β-unsaturated/α-hetero) is 1. The van der Waals surface area contributed by atoms with Crippen molar-refractivity contribution in [2.24, 2.45) is 17.3 Å². The van der Waals surface area contributed by atoms with Gasteiger partial charge in [0, 0.05) is 32.0 Å². The number of ketones is 1. The van der Waals surface area contributed by atoms with Gasteiger partial charge in [0.2, 0.25) is 12.2 Å². The van der Waals surface area contributed by atoms with Crippen LogP contribution in [-0.4, -0.2) is 103 Å². The van der Waals surface area contributed by atoms with Gasteiger partial charge < -0.3 is 33.9 Å². The summed E-state index contributed by atoms with van der Waals surface area (Å²) in [7, 11) is 5.36. The van der Waals surface area contributed by atoms with Crippen LogP contribution in [0.25, 0.3) is 0 Å². The first kappa shape index (κ1) is 32.6. The van der Waals surface area contributed by atoms with E-state index in [-0.39, 0.29) is 42.7 Å². The van der Waals surface area contributed by atoms with Crippen LogP contribution in [0, 0.1) is 17.3 Å². The number of carbonyl (C=O) groups excluding carboxylic acids is 3. The number of ether oxygens (including phenoxy) is 4. The summed E-state index contributed by atoms with van der Waals surface area (Å²) in [6, 6.07) is -0.229. The van der Waals surface area contributed by atoms with E-state index in [0.29, 0.717) is 25.8 Å². The molecule has 220 valence electrons. The molecule has 0 spiro atoms. The molecule has 2 aliphatic heterocycles. The molecule has 10 heteroatoms. The van der Waals surface area contributed by atoms with Crippen LogP contribution < -0.4 is 0 Å². The van der Waals surface area contributed by atoms with Gasteiger partial charge in [-0.05, 0) is 67.0 Å². The van der Waals surface area contributed by atoms with E-state index in [1.807, 2.05) is 39.8 Å². The second-order valence-corrected chi connectivity index (χ2v) is 12.3. The van der Waals surface area contributed by atoms with E-state index in [9.17, 15) is 19.5 Å². The fourth-order valence-corrected chi connectivity index (χ4v) is 5.75. The Morgan fingerprint density at radius 2 is 1.76 bits per heavy atom. The molecule has 4 unspecified atom stereocenters. The number of aliphatic hydroxyl groups excluding tert-OH is 1. The fraction of sp³-hybridized carbons (Fsp3) is 0.893. The van der Waals surface area contributed by atoms with E-state index in [1.54, 1.807) is 39.7 Å². The van der Waals surface area contributed by atoms with Crippen LogP contribution in [0.2, 0.25) is 0 Å². The molecule has 0 aromatic rings. The number of esters is 1. The third-order valence-corrected chi connectivity index (χ3v) is 7.94. The van der Waals surface area contributed by atoms with Crippen molar-refractivity contribution in [1.82, 2.24) is 9.80 Å². The zero-order chi connectivity index (χ0) is 29.0. The quantitative estimate of drug-likeness (QED) is 0.413. The van der Waals surface area contributed by atoms with Gasteiger partial charge in [0.25, 0.3) is 0 Å². The van der Waals surface area contributed by atoms with Gasteiger partial charge in [-0.2, -0.15) is 0 Å². The van der Waals surface area contributed by atoms with Crippen LogP contribution in [0.3, 0.4) is 0 Å². The maximum atomic E-state index is 13.5. The number of likely N-dealkylation sites (N-methyl/N-ethyl adjacent to an activating group) is 1. The lowest BCUT2D eigenvalue weighted by Crippen LogP contribution is -2.56. The van der Waals surface area contributed by atoms with E-state index in [0.717, 1.165) is 0 Å². The van der Waals surface area contributed by atoms with E-state index in [4.69, 9.17) is 18.9 Å². The van der Waals surface area contributed by atoms with Crippen molar-refractivity contribution in [3.63, 3.8) is 0 Å². The Morgan fingerprint density at radius 1 is 1.13 bits per heavy atom. The highest BCUT2D eigenvalue weighted by molar-refractivity contribution is 6.04. The zero-order valence-corrected chi connectivity index (χ0v) is 25.0. The summed E-state index contributed by atoms with van der Waals surface area (Å²) >= 11 is 0. The summed E-state index contributed by atoms with van der Waals surface area (Å²) in [4.78, 5) is 43.4. The molecule has 0 saturated carbocycles. The van der Waals surface area contributed by atoms with Gasteiger partial charge in [0.05, 0.1) is 18.2 Å². The van der Waals surface area contributed by atoms with Gasteiger partial charge >= 0.3 is 5.97 Å². The van der Waals surface area contributed by atoms with Crippen molar-refractivity contribution >= 4 is 17.7 Å². The van der Waals surface area contributed by atoms with Crippen LogP contribution >= 0.6 is 0 Å². The van der Waals surface area contributed by atoms with E-state index in [1.165, 1.54) is 0 Å². The fourth-order valence-electron chi connectivity index (χ4n) is 5.75. The van der Waals surface area contributed by atoms with Gasteiger partial charge in [-0.15, -0.1) is 0 Å². The standard InChI is InChI=1S/C28H50N2O8/c1-11-21(31)30-15-17(2)13-28(7,35-10)14-18(3)24(33)27(5,6)26(34)38-22(16-30)37-25-23(32)20(29(8)9)12-19(4)36-25/h17-20,22-23,25,32H,11-16H2,1-10H3/t17?,18?,19-,20+,22?,23-,25+,28?/m1/s1. The van der Waals surface area contributed by atoms with Crippen molar-refractivity contribution in [3.05, 3.63) is 0 Å². The normalized spacial score (nSPS) is 37.7. The summed E-state index contributed by atoms with van der Waals surface area (Å²) in [6.07, 6.45) is -1.62. The molecule has 0 aromatic carbocycles. The molecule has 2 heterocycles. The number of aliphatic hydroxyl groups is 1. The summed E-state index contributed by atoms with van der Waals surface area (Å²) in [5.41, 5.74) is -2.07. The zero-order valence-electron chi connectivity index (χ0n) is 25.0. The molecule has 8 atom stereocenters. The molecular weight excluding hydrogens is 492 g/mol. The Balaban J connectivity index is 2.46. The Hall–Kier alpha value is -1.59. The Bertz CT molecular complexity index is 834. The Morgan fingerprint density at radius 3 is 2.32 bits per heavy atom. The monoisotopic (exact) mass is 542 g/mol. The van der Waals surface area contributed by atoms with Crippen LogP contribution in [0.1, 0.15) is 74.1 Å². The van der Waals surface area contributed by atoms with E-state index < -0.39 is 41.6 Å². The number of hydrogen-bond donors (Lipinski definition) is 1. The second-order valence-electron chi connectivity index (χ2n) is 12.3. The number of amides is 1. The molecule has 0 radical (unpaired) electrons. The van der Waals surface area contributed by atoms with Crippen molar-refractivity contribution < 1.29 is 38.4 Å². The molecule has 0 aliphatic carbocycles.